The molecule has 3 aromatic rings. The molecule has 1 aromatic heterocycles. The van der Waals surface area contributed by atoms with Crippen molar-refractivity contribution in [2.45, 2.75) is 18.7 Å². The third kappa shape index (κ3) is 5.09. The molecule has 1 N–H and O–H groups in total. The molecule has 0 radical (unpaired) electrons. The summed E-state index contributed by atoms with van der Waals surface area (Å²) in [4.78, 5) is 28.3. The zero-order valence-electron chi connectivity index (χ0n) is 17.2. The van der Waals surface area contributed by atoms with Crippen LogP contribution in [-0.2, 0) is 14.8 Å². The number of aromatic nitrogens is 1. The molecule has 0 atom stereocenters. The molecule has 1 amide bonds. The normalized spacial score (nSPS) is 11.1. The number of sulfonamides is 1. The lowest BCUT2D eigenvalue weighted by Crippen LogP contribution is -2.26. The van der Waals surface area contributed by atoms with E-state index in [4.69, 9.17) is 4.74 Å². The van der Waals surface area contributed by atoms with Crippen LogP contribution in [0, 0.1) is 6.92 Å². The predicted molar refractivity (Wildman–Crippen MR) is 119 cm³/mol. The molecular formula is C21H21N3O5S2. The third-order valence-corrected chi connectivity index (χ3v) is 6.90. The van der Waals surface area contributed by atoms with Gasteiger partial charge in [-0.1, -0.05) is 23.8 Å². The van der Waals surface area contributed by atoms with Crippen LogP contribution in [0.25, 0.3) is 0 Å². The van der Waals surface area contributed by atoms with E-state index in [1.54, 1.807) is 19.1 Å². The maximum absolute atomic E-state index is 13.0. The summed E-state index contributed by atoms with van der Waals surface area (Å²) in [5, 5.41) is 4.26. The van der Waals surface area contributed by atoms with Crippen LogP contribution in [0.5, 0.6) is 0 Å². The van der Waals surface area contributed by atoms with E-state index in [0.717, 1.165) is 21.2 Å². The number of anilines is 2. The van der Waals surface area contributed by atoms with Crippen molar-refractivity contribution in [3.63, 3.8) is 0 Å². The van der Waals surface area contributed by atoms with Crippen molar-refractivity contribution in [1.29, 1.82) is 0 Å². The van der Waals surface area contributed by atoms with Crippen molar-refractivity contribution in [2.24, 2.45) is 0 Å². The van der Waals surface area contributed by atoms with Crippen molar-refractivity contribution in [3.05, 3.63) is 70.7 Å². The number of thiazole rings is 1. The van der Waals surface area contributed by atoms with Crippen LogP contribution in [0.15, 0.2) is 58.8 Å². The van der Waals surface area contributed by atoms with Gasteiger partial charge in [-0.05, 0) is 44.2 Å². The molecule has 8 nitrogen and oxygen atoms in total. The van der Waals surface area contributed by atoms with Gasteiger partial charge in [0, 0.05) is 18.0 Å². The molecule has 0 saturated carbocycles. The Morgan fingerprint density at radius 1 is 1.16 bits per heavy atom. The quantitative estimate of drug-likeness (QED) is 0.540. The van der Waals surface area contributed by atoms with E-state index < -0.39 is 21.9 Å². The van der Waals surface area contributed by atoms with Crippen LogP contribution in [0.2, 0.25) is 0 Å². The van der Waals surface area contributed by atoms with Crippen molar-refractivity contribution >= 4 is 44.1 Å². The first-order chi connectivity index (χ1) is 14.7. The summed E-state index contributed by atoms with van der Waals surface area (Å²) in [6, 6.07) is 12.8. The standard InChI is InChI=1S/C21H21N3O5S2/c1-4-29-20(26)18-13-30-21(22-18)23-19(25)15-6-5-7-17(12-15)31(27,28)24(3)16-10-8-14(2)9-11-16/h5-13H,4H2,1-3H3,(H,22,23,25). The van der Waals surface area contributed by atoms with E-state index in [1.807, 2.05) is 19.1 Å². The molecule has 162 valence electrons. The lowest BCUT2D eigenvalue weighted by Gasteiger charge is -2.20. The van der Waals surface area contributed by atoms with E-state index >= 15 is 0 Å². The number of hydrogen-bond donors (Lipinski definition) is 1. The molecule has 1 heterocycles. The van der Waals surface area contributed by atoms with Gasteiger partial charge in [-0.25, -0.2) is 18.2 Å². The van der Waals surface area contributed by atoms with Gasteiger partial charge in [-0.15, -0.1) is 11.3 Å². The number of nitrogens with one attached hydrogen (secondary N) is 1. The van der Waals surface area contributed by atoms with Crippen LogP contribution in [0.3, 0.4) is 0 Å². The summed E-state index contributed by atoms with van der Waals surface area (Å²) in [6.07, 6.45) is 0. The van der Waals surface area contributed by atoms with Gasteiger partial charge in [-0.3, -0.25) is 14.4 Å². The first-order valence-corrected chi connectivity index (χ1v) is 11.6. The van der Waals surface area contributed by atoms with E-state index in [-0.39, 0.29) is 27.9 Å². The average Bonchev–Trinajstić information content (AvgIpc) is 3.22. The van der Waals surface area contributed by atoms with Gasteiger partial charge < -0.3 is 4.74 Å². The van der Waals surface area contributed by atoms with E-state index in [1.165, 1.54) is 36.7 Å². The number of esters is 1. The maximum Gasteiger partial charge on any atom is 0.357 e. The molecule has 0 saturated heterocycles. The molecule has 0 aliphatic rings. The minimum absolute atomic E-state index is 0.0189. The molecule has 0 spiro atoms. The minimum Gasteiger partial charge on any atom is -0.461 e. The highest BCUT2D eigenvalue weighted by molar-refractivity contribution is 7.92. The maximum atomic E-state index is 13.0. The second kappa shape index (κ2) is 9.27. The Labute approximate surface area is 184 Å². The molecular weight excluding hydrogens is 438 g/mol. The fourth-order valence-corrected chi connectivity index (χ4v) is 4.57. The van der Waals surface area contributed by atoms with E-state index in [0.29, 0.717) is 5.69 Å². The fourth-order valence-electron chi connectivity index (χ4n) is 2.65. The SMILES string of the molecule is CCOC(=O)c1csc(NC(=O)c2cccc(S(=O)(=O)N(C)c3ccc(C)cc3)c2)n1. The van der Waals surface area contributed by atoms with Crippen LogP contribution in [-0.4, -0.2) is 38.9 Å². The molecule has 0 aliphatic carbocycles. The summed E-state index contributed by atoms with van der Waals surface area (Å²) in [7, 11) is -2.41. The topological polar surface area (TPSA) is 106 Å². The Morgan fingerprint density at radius 2 is 1.87 bits per heavy atom. The Morgan fingerprint density at radius 3 is 2.55 bits per heavy atom. The van der Waals surface area contributed by atoms with Crippen LogP contribution >= 0.6 is 11.3 Å². The molecule has 0 aliphatic heterocycles. The van der Waals surface area contributed by atoms with Crippen LogP contribution < -0.4 is 9.62 Å². The molecule has 0 bridgehead atoms. The number of rotatable bonds is 7. The Kier molecular flexibility index (Phi) is 6.71. The van der Waals surface area contributed by atoms with Gasteiger partial charge in [0.25, 0.3) is 15.9 Å². The zero-order chi connectivity index (χ0) is 22.6. The van der Waals surface area contributed by atoms with Gasteiger partial charge in [0.2, 0.25) is 0 Å². The lowest BCUT2D eigenvalue weighted by molar-refractivity contribution is 0.0520. The highest BCUT2D eigenvalue weighted by Crippen LogP contribution is 2.24. The van der Waals surface area contributed by atoms with E-state index in [2.05, 4.69) is 10.3 Å². The van der Waals surface area contributed by atoms with Crippen molar-refractivity contribution < 1.29 is 22.7 Å². The number of nitrogens with zero attached hydrogens (tertiary/aromatic N) is 2. The number of ether oxygens (including phenoxy) is 1. The predicted octanol–water partition coefficient (Wildman–Crippen LogP) is 3.71. The van der Waals surface area contributed by atoms with Crippen LogP contribution in [0.4, 0.5) is 10.8 Å². The number of benzene rings is 2. The Bertz CT molecular complexity index is 1200. The monoisotopic (exact) mass is 459 g/mol. The number of hydrogen-bond acceptors (Lipinski definition) is 7. The first kappa shape index (κ1) is 22.4. The zero-order valence-corrected chi connectivity index (χ0v) is 18.8. The lowest BCUT2D eigenvalue weighted by atomic mass is 10.2. The van der Waals surface area contributed by atoms with Crippen LogP contribution in [0.1, 0.15) is 33.3 Å². The molecule has 2 aromatic carbocycles. The van der Waals surface area contributed by atoms with Gasteiger partial charge in [-0.2, -0.15) is 0 Å². The van der Waals surface area contributed by atoms with E-state index in [9.17, 15) is 18.0 Å². The Balaban J connectivity index is 1.80. The minimum atomic E-state index is -3.87. The molecule has 0 unspecified atom stereocenters. The highest BCUT2D eigenvalue weighted by Gasteiger charge is 2.23. The summed E-state index contributed by atoms with van der Waals surface area (Å²) in [5.74, 6) is -1.12. The third-order valence-electron chi connectivity index (χ3n) is 4.36. The van der Waals surface area contributed by atoms with Gasteiger partial charge >= 0.3 is 5.97 Å². The van der Waals surface area contributed by atoms with Gasteiger partial charge in [0.1, 0.15) is 0 Å². The molecule has 3 rings (SSSR count). The fraction of sp³-hybridized carbons (Fsp3) is 0.190. The molecule has 31 heavy (non-hydrogen) atoms. The second-order valence-electron chi connectivity index (χ2n) is 6.55. The molecule has 0 fully saturated rings. The number of carbonyl (C=O) groups excluding carboxylic acids is 2. The summed E-state index contributed by atoms with van der Waals surface area (Å²) < 4.78 is 32.1. The van der Waals surface area contributed by atoms with Gasteiger partial charge in [0.05, 0.1) is 17.2 Å². The smallest absolute Gasteiger partial charge is 0.357 e. The largest absolute Gasteiger partial charge is 0.461 e. The summed E-state index contributed by atoms with van der Waals surface area (Å²) >= 11 is 1.07. The summed E-state index contributed by atoms with van der Waals surface area (Å²) in [6.45, 7) is 3.82. The second-order valence-corrected chi connectivity index (χ2v) is 9.38. The number of aryl methyl sites for hydroxylation is 1. The number of carbonyl (C=O) groups is 2. The first-order valence-electron chi connectivity index (χ1n) is 9.32. The van der Waals surface area contributed by atoms with Crippen molar-refractivity contribution in [1.82, 2.24) is 4.98 Å². The average molecular weight is 460 g/mol. The van der Waals surface area contributed by atoms with Crippen molar-refractivity contribution in [3.8, 4) is 0 Å². The van der Waals surface area contributed by atoms with Crippen molar-refractivity contribution in [2.75, 3.05) is 23.3 Å². The summed E-state index contributed by atoms with van der Waals surface area (Å²) in [5.41, 5.74) is 1.76. The molecule has 10 heteroatoms. The number of amides is 1. The Hall–Kier alpha value is -3.24. The highest BCUT2D eigenvalue weighted by atomic mass is 32.2. The van der Waals surface area contributed by atoms with Gasteiger partial charge in [0.15, 0.2) is 10.8 Å².